The number of nitrogens with zero attached hydrogens (tertiary/aromatic N) is 1. The number of nitrogen functional groups attached to an aromatic ring is 1. The summed E-state index contributed by atoms with van der Waals surface area (Å²) in [6, 6.07) is 3.91. The molecule has 0 bridgehead atoms. The van der Waals surface area contributed by atoms with Crippen LogP contribution in [-0.4, -0.2) is 45.1 Å². The third kappa shape index (κ3) is 4.33. The Morgan fingerprint density at radius 2 is 2.05 bits per heavy atom. The van der Waals surface area contributed by atoms with Crippen molar-refractivity contribution in [1.82, 2.24) is 9.62 Å². The number of benzene rings is 1. The van der Waals surface area contributed by atoms with E-state index in [9.17, 15) is 13.5 Å². The number of phenols is 1. The molecule has 21 heavy (non-hydrogen) atoms. The smallest absolute Gasteiger partial charge is 0.240 e. The number of hydrogen-bond acceptors (Lipinski definition) is 5. The molecular weight excluding hydrogens is 290 g/mol. The minimum absolute atomic E-state index is 0.0631. The Labute approximate surface area is 126 Å². The summed E-state index contributed by atoms with van der Waals surface area (Å²) in [7, 11) is -1.46. The summed E-state index contributed by atoms with van der Waals surface area (Å²) in [4.78, 5) is 2.38. The van der Waals surface area contributed by atoms with Crippen LogP contribution in [0.4, 0.5) is 5.69 Å². The van der Waals surface area contributed by atoms with Crippen LogP contribution in [0.3, 0.4) is 0 Å². The van der Waals surface area contributed by atoms with E-state index in [1.54, 1.807) is 0 Å². The van der Waals surface area contributed by atoms with Gasteiger partial charge < -0.3 is 15.7 Å². The number of anilines is 1. The molecule has 0 unspecified atom stereocenters. The van der Waals surface area contributed by atoms with E-state index in [0.717, 1.165) is 32.4 Å². The summed E-state index contributed by atoms with van der Waals surface area (Å²) in [5.41, 5.74) is 5.59. The maximum absolute atomic E-state index is 12.1. The highest BCUT2D eigenvalue weighted by Gasteiger charge is 2.19. The Balaban J connectivity index is 1.88. The first-order valence-corrected chi connectivity index (χ1v) is 8.63. The van der Waals surface area contributed by atoms with Gasteiger partial charge in [0.1, 0.15) is 5.75 Å². The number of sulfonamides is 1. The van der Waals surface area contributed by atoms with Gasteiger partial charge in [0.05, 0.1) is 10.6 Å². The lowest BCUT2D eigenvalue weighted by molar-refractivity contribution is 0.213. The number of hydrogen-bond donors (Lipinski definition) is 3. The van der Waals surface area contributed by atoms with Crippen LogP contribution in [0.2, 0.25) is 0 Å². The van der Waals surface area contributed by atoms with Crippen molar-refractivity contribution < 1.29 is 13.5 Å². The second-order valence-electron chi connectivity index (χ2n) is 5.65. The third-order valence-electron chi connectivity index (χ3n) is 3.99. The fourth-order valence-corrected chi connectivity index (χ4v) is 3.61. The van der Waals surface area contributed by atoms with Crippen LogP contribution in [0, 0.1) is 5.92 Å². The van der Waals surface area contributed by atoms with E-state index in [0.29, 0.717) is 12.5 Å². The summed E-state index contributed by atoms with van der Waals surface area (Å²) >= 11 is 0. The molecule has 1 aliphatic heterocycles. The minimum Gasteiger partial charge on any atom is -0.506 e. The molecule has 1 aromatic rings. The van der Waals surface area contributed by atoms with Gasteiger partial charge in [0.15, 0.2) is 0 Å². The van der Waals surface area contributed by atoms with E-state index < -0.39 is 10.0 Å². The normalized spacial score (nSPS) is 18.0. The van der Waals surface area contributed by atoms with E-state index in [2.05, 4.69) is 16.7 Å². The van der Waals surface area contributed by atoms with Crippen molar-refractivity contribution in [3.63, 3.8) is 0 Å². The molecule has 0 saturated carbocycles. The van der Waals surface area contributed by atoms with E-state index in [4.69, 9.17) is 5.73 Å². The first-order chi connectivity index (χ1) is 9.88. The van der Waals surface area contributed by atoms with Gasteiger partial charge in [-0.1, -0.05) is 0 Å². The SMILES string of the molecule is CN1CCC(CCNS(=O)(=O)c2ccc(O)c(N)c2)CC1. The second-order valence-corrected chi connectivity index (χ2v) is 7.42. The average Bonchev–Trinajstić information content (AvgIpc) is 2.44. The van der Waals surface area contributed by atoms with Crippen LogP contribution in [0.25, 0.3) is 0 Å². The van der Waals surface area contributed by atoms with Crippen LogP contribution in [-0.2, 0) is 10.0 Å². The molecule has 4 N–H and O–H groups in total. The van der Waals surface area contributed by atoms with E-state index in [-0.39, 0.29) is 16.3 Å². The van der Waals surface area contributed by atoms with Crippen molar-refractivity contribution in [2.24, 2.45) is 5.92 Å². The molecule has 0 aromatic heterocycles. The van der Waals surface area contributed by atoms with E-state index in [1.165, 1.54) is 18.2 Å². The summed E-state index contributed by atoms with van der Waals surface area (Å²) in [6.07, 6.45) is 3.08. The van der Waals surface area contributed by atoms with Gasteiger partial charge in [-0.2, -0.15) is 0 Å². The Hall–Kier alpha value is -1.31. The van der Waals surface area contributed by atoms with Crippen LogP contribution in [0.15, 0.2) is 23.1 Å². The molecule has 6 nitrogen and oxygen atoms in total. The second kappa shape index (κ2) is 6.64. The maximum atomic E-state index is 12.1. The zero-order valence-corrected chi connectivity index (χ0v) is 13.1. The maximum Gasteiger partial charge on any atom is 0.240 e. The van der Waals surface area contributed by atoms with Gasteiger partial charge in [0.2, 0.25) is 10.0 Å². The summed E-state index contributed by atoms with van der Waals surface area (Å²) in [5, 5.41) is 9.33. The van der Waals surface area contributed by atoms with Gasteiger partial charge in [-0.05, 0) is 63.5 Å². The lowest BCUT2D eigenvalue weighted by atomic mass is 9.94. The Morgan fingerprint density at radius 3 is 2.67 bits per heavy atom. The van der Waals surface area contributed by atoms with Crippen molar-refractivity contribution in [1.29, 1.82) is 0 Å². The van der Waals surface area contributed by atoms with E-state index in [1.807, 2.05) is 0 Å². The molecule has 1 aliphatic rings. The number of phenolic OH excluding ortho intramolecular Hbond substituents is 1. The van der Waals surface area contributed by atoms with Crippen LogP contribution >= 0.6 is 0 Å². The largest absolute Gasteiger partial charge is 0.506 e. The first-order valence-electron chi connectivity index (χ1n) is 7.15. The molecule has 1 heterocycles. The molecule has 1 saturated heterocycles. The summed E-state index contributed by atoms with van der Waals surface area (Å²) in [5.74, 6) is 0.467. The lowest BCUT2D eigenvalue weighted by Gasteiger charge is -2.28. The molecule has 0 aliphatic carbocycles. The molecule has 2 rings (SSSR count). The van der Waals surface area contributed by atoms with Crippen molar-refractivity contribution in [3.8, 4) is 5.75 Å². The van der Waals surface area contributed by atoms with Crippen LogP contribution in [0.5, 0.6) is 5.75 Å². The predicted octanol–water partition coefficient (Wildman–Crippen LogP) is 0.985. The third-order valence-corrected chi connectivity index (χ3v) is 5.45. The fraction of sp³-hybridized carbons (Fsp3) is 0.571. The zero-order valence-electron chi connectivity index (χ0n) is 12.2. The molecule has 0 radical (unpaired) electrons. The van der Waals surface area contributed by atoms with Crippen molar-refractivity contribution in [3.05, 3.63) is 18.2 Å². The number of aromatic hydroxyl groups is 1. The first kappa shape index (κ1) is 16.1. The van der Waals surface area contributed by atoms with Gasteiger partial charge >= 0.3 is 0 Å². The number of piperidine rings is 1. The van der Waals surface area contributed by atoms with Crippen molar-refractivity contribution >= 4 is 15.7 Å². The highest BCUT2D eigenvalue weighted by atomic mass is 32.2. The highest BCUT2D eigenvalue weighted by Crippen LogP contribution is 2.23. The minimum atomic E-state index is -3.56. The average molecular weight is 313 g/mol. The summed E-state index contributed by atoms with van der Waals surface area (Å²) < 4.78 is 26.9. The Bertz CT molecular complexity index is 581. The van der Waals surface area contributed by atoms with Crippen LogP contribution < -0.4 is 10.5 Å². The number of likely N-dealkylation sites (tertiary alicyclic amines) is 1. The molecule has 0 spiro atoms. The predicted molar refractivity (Wildman–Crippen MR) is 82.5 cm³/mol. The molecule has 0 amide bonds. The van der Waals surface area contributed by atoms with Crippen molar-refractivity contribution in [2.75, 3.05) is 32.4 Å². The molecule has 118 valence electrons. The zero-order chi connectivity index (χ0) is 15.5. The lowest BCUT2D eigenvalue weighted by Crippen LogP contribution is -2.32. The summed E-state index contributed by atoms with van der Waals surface area (Å²) in [6.45, 7) is 2.58. The molecule has 0 atom stereocenters. The fourth-order valence-electron chi connectivity index (χ4n) is 2.53. The van der Waals surface area contributed by atoms with Gasteiger partial charge in [0, 0.05) is 6.54 Å². The Morgan fingerprint density at radius 1 is 1.38 bits per heavy atom. The quantitative estimate of drug-likeness (QED) is 0.556. The number of nitrogens with one attached hydrogen (secondary N) is 1. The van der Waals surface area contributed by atoms with Crippen molar-refractivity contribution in [2.45, 2.75) is 24.2 Å². The van der Waals surface area contributed by atoms with Gasteiger partial charge in [-0.15, -0.1) is 0 Å². The topological polar surface area (TPSA) is 95.7 Å². The van der Waals surface area contributed by atoms with E-state index >= 15 is 0 Å². The Kier molecular flexibility index (Phi) is 5.08. The molecule has 7 heteroatoms. The molecule has 1 aromatic carbocycles. The van der Waals surface area contributed by atoms with Gasteiger partial charge in [-0.3, -0.25) is 0 Å². The molecule has 1 fully saturated rings. The number of nitrogens with two attached hydrogens (primary N) is 1. The number of rotatable bonds is 5. The standard InChI is InChI=1S/C14H23N3O3S/c1-17-8-5-11(6-9-17)4-7-16-21(19,20)12-2-3-14(18)13(15)10-12/h2-3,10-11,16,18H,4-9,15H2,1H3. The monoisotopic (exact) mass is 313 g/mol. The van der Waals surface area contributed by atoms with Crippen LogP contribution in [0.1, 0.15) is 19.3 Å². The molecular formula is C14H23N3O3S. The highest BCUT2D eigenvalue weighted by molar-refractivity contribution is 7.89. The van der Waals surface area contributed by atoms with Gasteiger partial charge in [-0.25, -0.2) is 13.1 Å². The van der Waals surface area contributed by atoms with Gasteiger partial charge in [0.25, 0.3) is 0 Å².